The van der Waals surface area contributed by atoms with Gasteiger partial charge >= 0.3 is 0 Å². The number of rotatable bonds is 7. The van der Waals surface area contributed by atoms with Gasteiger partial charge in [0.15, 0.2) is 0 Å². The minimum absolute atomic E-state index is 0.156. The first-order chi connectivity index (χ1) is 10.2. The van der Waals surface area contributed by atoms with E-state index in [9.17, 15) is 4.39 Å². The lowest BCUT2D eigenvalue weighted by Crippen LogP contribution is -2.23. The second-order valence-corrected chi connectivity index (χ2v) is 4.91. The summed E-state index contributed by atoms with van der Waals surface area (Å²) in [6.07, 6.45) is 0.804. The highest BCUT2D eigenvalue weighted by Crippen LogP contribution is 2.27. The van der Waals surface area contributed by atoms with E-state index >= 15 is 0 Å². The zero-order valence-electron chi connectivity index (χ0n) is 12.6. The van der Waals surface area contributed by atoms with Gasteiger partial charge in [-0.05, 0) is 43.7 Å². The van der Waals surface area contributed by atoms with Crippen molar-refractivity contribution in [2.75, 3.05) is 13.2 Å². The van der Waals surface area contributed by atoms with Crippen LogP contribution in [0.2, 0.25) is 0 Å². The van der Waals surface area contributed by atoms with Crippen LogP contribution in [0.15, 0.2) is 48.5 Å². The first-order valence-electron chi connectivity index (χ1n) is 7.44. The monoisotopic (exact) mass is 287 g/mol. The average molecular weight is 287 g/mol. The van der Waals surface area contributed by atoms with Gasteiger partial charge in [0, 0.05) is 11.6 Å². The Hall–Kier alpha value is -1.87. The van der Waals surface area contributed by atoms with Crippen LogP contribution in [0, 0.1) is 5.82 Å². The summed E-state index contributed by atoms with van der Waals surface area (Å²) in [5.41, 5.74) is 2.25. The molecule has 0 amide bonds. The van der Waals surface area contributed by atoms with Crippen LogP contribution in [0.25, 0.3) is 0 Å². The number of hydrogen-bond acceptors (Lipinski definition) is 2. The fourth-order valence-corrected chi connectivity index (χ4v) is 2.45. The normalized spacial score (nSPS) is 12.1. The van der Waals surface area contributed by atoms with Gasteiger partial charge < -0.3 is 10.1 Å². The Morgan fingerprint density at radius 2 is 1.76 bits per heavy atom. The third kappa shape index (κ3) is 4.30. The summed E-state index contributed by atoms with van der Waals surface area (Å²) >= 11 is 0. The molecule has 1 atom stereocenters. The van der Waals surface area contributed by atoms with E-state index in [4.69, 9.17) is 4.74 Å². The van der Waals surface area contributed by atoms with Crippen molar-refractivity contribution < 1.29 is 9.13 Å². The molecule has 0 bridgehead atoms. The summed E-state index contributed by atoms with van der Waals surface area (Å²) in [5.74, 6) is 0.710. The van der Waals surface area contributed by atoms with Gasteiger partial charge in [-0.1, -0.05) is 37.3 Å². The highest BCUT2D eigenvalue weighted by Gasteiger charge is 2.15. The summed E-state index contributed by atoms with van der Waals surface area (Å²) in [4.78, 5) is 0. The van der Waals surface area contributed by atoms with Crippen LogP contribution < -0.4 is 10.1 Å². The van der Waals surface area contributed by atoms with E-state index in [2.05, 4.69) is 18.3 Å². The van der Waals surface area contributed by atoms with Gasteiger partial charge in [-0.25, -0.2) is 4.39 Å². The molecule has 0 fully saturated rings. The summed E-state index contributed by atoms with van der Waals surface area (Å²) in [5, 5.41) is 3.49. The van der Waals surface area contributed by atoms with Crippen molar-refractivity contribution in [3.63, 3.8) is 0 Å². The number of para-hydroxylation sites is 1. The van der Waals surface area contributed by atoms with Crippen LogP contribution in [0.4, 0.5) is 4.39 Å². The third-order valence-electron chi connectivity index (χ3n) is 3.40. The van der Waals surface area contributed by atoms with E-state index in [1.165, 1.54) is 12.1 Å². The van der Waals surface area contributed by atoms with Crippen LogP contribution in [0.3, 0.4) is 0 Å². The van der Waals surface area contributed by atoms with Gasteiger partial charge in [-0.3, -0.25) is 0 Å². The van der Waals surface area contributed by atoms with Crippen LogP contribution in [-0.4, -0.2) is 13.2 Å². The molecule has 0 aliphatic carbocycles. The lowest BCUT2D eigenvalue weighted by molar-refractivity contribution is 0.331. The molecular weight excluding hydrogens is 265 g/mol. The Morgan fingerprint density at radius 1 is 1.05 bits per heavy atom. The van der Waals surface area contributed by atoms with Gasteiger partial charge in [0.1, 0.15) is 11.6 Å². The SMILES string of the molecule is CCNC(Cc1ccc(F)cc1)c1ccccc1OCC. The van der Waals surface area contributed by atoms with Crippen molar-refractivity contribution in [1.29, 1.82) is 0 Å². The minimum Gasteiger partial charge on any atom is -0.494 e. The molecule has 0 aliphatic rings. The molecule has 21 heavy (non-hydrogen) atoms. The molecule has 1 unspecified atom stereocenters. The molecule has 2 aromatic rings. The Bertz CT molecular complexity index is 553. The van der Waals surface area contributed by atoms with Crippen LogP contribution >= 0.6 is 0 Å². The van der Waals surface area contributed by atoms with Gasteiger partial charge in [-0.15, -0.1) is 0 Å². The molecule has 0 aliphatic heterocycles. The summed E-state index contributed by atoms with van der Waals surface area (Å²) in [6.45, 7) is 5.58. The summed E-state index contributed by atoms with van der Waals surface area (Å²) < 4.78 is 18.7. The summed E-state index contributed by atoms with van der Waals surface area (Å²) in [6, 6.07) is 14.9. The van der Waals surface area contributed by atoms with Crippen molar-refractivity contribution in [2.24, 2.45) is 0 Å². The maximum absolute atomic E-state index is 13.0. The zero-order chi connectivity index (χ0) is 15.1. The molecule has 2 aromatic carbocycles. The fourth-order valence-electron chi connectivity index (χ4n) is 2.45. The number of halogens is 1. The maximum atomic E-state index is 13.0. The highest BCUT2D eigenvalue weighted by atomic mass is 19.1. The molecule has 0 spiro atoms. The van der Waals surface area contributed by atoms with Crippen molar-refractivity contribution in [2.45, 2.75) is 26.3 Å². The van der Waals surface area contributed by atoms with E-state index in [1.807, 2.05) is 37.3 Å². The maximum Gasteiger partial charge on any atom is 0.124 e. The molecule has 3 heteroatoms. The van der Waals surface area contributed by atoms with Crippen molar-refractivity contribution >= 4 is 0 Å². The minimum atomic E-state index is -0.200. The first-order valence-corrected chi connectivity index (χ1v) is 7.44. The van der Waals surface area contributed by atoms with Gasteiger partial charge in [-0.2, -0.15) is 0 Å². The Labute approximate surface area is 126 Å². The van der Waals surface area contributed by atoms with Gasteiger partial charge in [0.2, 0.25) is 0 Å². The molecule has 2 nitrogen and oxygen atoms in total. The second kappa shape index (κ2) is 7.79. The number of likely N-dealkylation sites (N-methyl/N-ethyl adjacent to an activating group) is 1. The van der Waals surface area contributed by atoms with Gasteiger partial charge in [0.25, 0.3) is 0 Å². The molecule has 0 saturated carbocycles. The van der Waals surface area contributed by atoms with Crippen LogP contribution in [0.1, 0.15) is 31.0 Å². The highest BCUT2D eigenvalue weighted by molar-refractivity contribution is 5.37. The average Bonchev–Trinajstić information content (AvgIpc) is 2.50. The molecule has 2 rings (SSSR count). The van der Waals surface area contributed by atoms with E-state index in [1.54, 1.807) is 0 Å². The third-order valence-corrected chi connectivity index (χ3v) is 3.40. The molecular formula is C18H22FNO. The molecule has 0 aromatic heterocycles. The second-order valence-electron chi connectivity index (χ2n) is 4.91. The predicted octanol–water partition coefficient (Wildman–Crippen LogP) is 4.12. The smallest absolute Gasteiger partial charge is 0.124 e. The first kappa shape index (κ1) is 15.5. The van der Waals surface area contributed by atoms with E-state index in [0.717, 1.165) is 29.8 Å². The lowest BCUT2D eigenvalue weighted by atomic mass is 9.98. The van der Waals surface area contributed by atoms with E-state index in [0.29, 0.717) is 6.61 Å². The number of hydrogen-bond donors (Lipinski definition) is 1. The van der Waals surface area contributed by atoms with E-state index < -0.39 is 0 Å². The molecule has 0 saturated heterocycles. The standard InChI is InChI=1S/C18H22FNO/c1-3-20-17(13-14-9-11-15(19)12-10-14)16-7-5-6-8-18(16)21-4-2/h5-12,17,20H,3-4,13H2,1-2H3. The molecule has 112 valence electrons. The Morgan fingerprint density at radius 3 is 2.43 bits per heavy atom. The van der Waals surface area contributed by atoms with Crippen LogP contribution in [0.5, 0.6) is 5.75 Å². The van der Waals surface area contributed by atoms with Crippen molar-refractivity contribution in [3.05, 3.63) is 65.5 Å². The number of benzene rings is 2. The molecule has 1 N–H and O–H groups in total. The lowest BCUT2D eigenvalue weighted by Gasteiger charge is -2.21. The topological polar surface area (TPSA) is 21.3 Å². The fraction of sp³-hybridized carbons (Fsp3) is 0.333. The predicted molar refractivity (Wildman–Crippen MR) is 84.1 cm³/mol. The quantitative estimate of drug-likeness (QED) is 0.827. The number of ether oxygens (including phenoxy) is 1. The van der Waals surface area contributed by atoms with Crippen LogP contribution in [-0.2, 0) is 6.42 Å². The van der Waals surface area contributed by atoms with Crippen molar-refractivity contribution in [3.8, 4) is 5.75 Å². The Balaban J connectivity index is 2.24. The largest absolute Gasteiger partial charge is 0.494 e. The molecule has 0 radical (unpaired) electrons. The van der Waals surface area contributed by atoms with Gasteiger partial charge in [0.05, 0.1) is 6.61 Å². The molecule has 0 heterocycles. The Kier molecular flexibility index (Phi) is 5.76. The number of nitrogens with one attached hydrogen (secondary N) is 1. The van der Waals surface area contributed by atoms with Crippen molar-refractivity contribution in [1.82, 2.24) is 5.32 Å². The summed E-state index contributed by atoms with van der Waals surface area (Å²) in [7, 11) is 0. The van der Waals surface area contributed by atoms with E-state index in [-0.39, 0.29) is 11.9 Å². The zero-order valence-corrected chi connectivity index (χ0v) is 12.6.